The molecule has 1 aromatic rings. The molecule has 4 N–H and O–H groups in total. The zero-order chi connectivity index (χ0) is 13.1. The van der Waals surface area contributed by atoms with Crippen molar-refractivity contribution in [2.75, 3.05) is 24.2 Å². The minimum absolute atomic E-state index is 0.210. The fourth-order valence-corrected chi connectivity index (χ4v) is 2.18. The molecule has 18 heavy (non-hydrogen) atoms. The quantitative estimate of drug-likeness (QED) is 0.710. The molecule has 0 amide bonds. The van der Waals surface area contributed by atoms with E-state index in [1.54, 1.807) is 12.1 Å². The molecule has 0 radical (unpaired) electrons. The molecule has 0 bridgehead atoms. The van der Waals surface area contributed by atoms with Crippen molar-refractivity contribution in [2.45, 2.75) is 19.4 Å². The summed E-state index contributed by atoms with van der Waals surface area (Å²) in [6.07, 6.45) is 1.23. The van der Waals surface area contributed by atoms with Crippen LogP contribution in [0, 0.1) is 5.92 Å². The molecule has 2 unspecified atom stereocenters. The molecular formula is C13H18N2O3. The van der Waals surface area contributed by atoms with E-state index in [1.807, 2.05) is 6.92 Å². The molecule has 0 aromatic heterocycles. The molecule has 1 fully saturated rings. The number of ether oxygens (including phenoxy) is 1. The predicted molar refractivity (Wildman–Crippen MR) is 69.8 cm³/mol. The summed E-state index contributed by atoms with van der Waals surface area (Å²) in [5.41, 5.74) is 6.87. The molecule has 0 spiro atoms. The molecule has 2 rings (SSSR count). The van der Waals surface area contributed by atoms with Crippen LogP contribution in [-0.4, -0.2) is 30.3 Å². The van der Waals surface area contributed by atoms with Crippen molar-refractivity contribution in [1.29, 1.82) is 0 Å². The number of nitrogen functional groups attached to an aromatic ring is 1. The van der Waals surface area contributed by atoms with E-state index in [1.165, 1.54) is 6.07 Å². The molecule has 5 nitrogen and oxygen atoms in total. The minimum atomic E-state index is -0.972. The maximum Gasteiger partial charge on any atom is 0.337 e. The van der Waals surface area contributed by atoms with Crippen molar-refractivity contribution in [3.63, 3.8) is 0 Å². The van der Waals surface area contributed by atoms with Crippen LogP contribution in [-0.2, 0) is 4.74 Å². The van der Waals surface area contributed by atoms with Gasteiger partial charge in [0.1, 0.15) is 0 Å². The lowest BCUT2D eigenvalue weighted by atomic mass is 10.0. The van der Waals surface area contributed by atoms with Gasteiger partial charge in [-0.2, -0.15) is 0 Å². The molecule has 1 heterocycles. The normalized spacial score (nSPS) is 22.9. The maximum atomic E-state index is 11.1. The van der Waals surface area contributed by atoms with E-state index in [0.717, 1.165) is 13.0 Å². The first-order valence-electron chi connectivity index (χ1n) is 6.06. The second-order valence-electron chi connectivity index (χ2n) is 4.62. The Hall–Kier alpha value is -1.75. The van der Waals surface area contributed by atoms with Gasteiger partial charge in [-0.15, -0.1) is 0 Å². The Morgan fingerprint density at radius 2 is 2.39 bits per heavy atom. The molecule has 2 atom stereocenters. The third kappa shape index (κ3) is 2.73. The number of carbonyl (C=O) groups is 1. The van der Waals surface area contributed by atoms with Gasteiger partial charge in [0, 0.05) is 30.4 Å². The smallest absolute Gasteiger partial charge is 0.337 e. The summed E-state index contributed by atoms with van der Waals surface area (Å²) in [5.74, 6) is -0.551. The number of carboxylic acids is 1. The van der Waals surface area contributed by atoms with Gasteiger partial charge in [0.15, 0.2) is 0 Å². The monoisotopic (exact) mass is 250 g/mol. The van der Waals surface area contributed by atoms with E-state index in [-0.39, 0.29) is 11.7 Å². The Morgan fingerprint density at radius 1 is 1.61 bits per heavy atom. The van der Waals surface area contributed by atoms with Gasteiger partial charge in [0.05, 0.1) is 11.7 Å². The van der Waals surface area contributed by atoms with Gasteiger partial charge in [-0.1, -0.05) is 0 Å². The number of nitrogens with two attached hydrogens (primary N) is 1. The van der Waals surface area contributed by atoms with Gasteiger partial charge in [-0.25, -0.2) is 4.79 Å². The summed E-state index contributed by atoms with van der Waals surface area (Å²) in [6, 6.07) is 4.88. The van der Waals surface area contributed by atoms with Crippen molar-refractivity contribution < 1.29 is 14.6 Å². The first kappa shape index (κ1) is 12.7. The van der Waals surface area contributed by atoms with Gasteiger partial charge in [0.2, 0.25) is 0 Å². The van der Waals surface area contributed by atoms with E-state index >= 15 is 0 Å². The minimum Gasteiger partial charge on any atom is -0.478 e. The van der Waals surface area contributed by atoms with Crippen LogP contribution in [0.2, 0.25) is 0 Å². The Labute approximate surface area is 106 Å². The summed E-state index contributed by atoms with van der Waals surface area (Å²) in [5, 5.41) is 12.3. The zero-order valence-electron chi connectivity index (χ0n) is 10.3. The maximum absolute atomic E-state index is 11.1. The van der Waals surface area contributed by atoms with Crippen LogP contribution in [0.3, 0.4) is 0 Å². The Kier molecular flexibility index (Phi) is 3.72. The van der Waals surface area contributed by atoms with Gasteiger partial charge in [0.25, 0.3) is 0 Å². The lowest BCUT2D eigenvalue weighted by Crippen LogP contribution is -2.21. The van der Waals surface area contributed by atoms with E-state index in [4.69, 9.17) is 15.6 Å². The lowest BCUT2D eigenvalue weighted by Gasteiger charge is -2.17. The number of hydrogen-bond acceptors (Lipinski definition) is 4. The fourth-order valence-electron chi connectivity index (χ4n) is 2.18. The molecule has 98 valence electrons. The molecule has 0 saturated carbocycles. The van der Waals surface area contributed by atoms with Crippen LogP contribution in [0.4, 0.5) is 11.4 Å². The van der Waals surface area contributed by atoms with E-state index in [2.05, 4.69) is 5.32 Å². The van der Waals surface area contributed by atoms with E-state index in [9.17, 15) is 4.79 Å². The number of benzene rings is 1. The number of nitrogens with one attached hydrogen (secondary N) is 1. The van der Waals surface area contributed by atoms with Crippen LogP contribution >= 0.6 is 0 Å². The number of aromatic carboxylic acids is 1. The van der Waals surface area contributed by atoms with Crippen LogP contribution in [0.5, 0.6) is 0 Å². The fraction of sp³-hybridized carbons (Fsp3) is 0.462. The van der Waals surface area contributed by atoms with Crippen molar-refractivity contribution in [3.05, 3.63) is 23.8 Å². The van der Waals surface area contributed by atoms with Gasteiger partial charge in [-0.05, 0) is 31.5 Å². The van der Waals surface area contributed by atoms with Gasteiger partial charge < -0.3 is 20.9 Å². The second kappa shape index (κ2) is 5.27. The summed E-state index contributed by atoms with van der Waals surface area (Å²) in [6.45, 7) is 3.53. The number of carboxylic acid groups (broad SMARTS) is 1. The van der Waals surface area contributed by atoms with E-state index < -0.39 is 5.97 Å². The molecule has 1 aliphatic heterocycles. The number of rotatable bonds is 4. The van der Waals surface area contributed by atoms with Crippen LogP contribution in [0.15, 0.2) is 18.2 Å². The first-order valence-corrected chi connectivity index (χ1v) is 6.06. The average Bonchev–Trinajstić information content (AvgIpc) is 2.73. The molecule has 0 aliphatic carbocycles. The van der Waals surface area contributed by atoms with Crippen molar-refractivity contribution in [2.24, 2.45) is 5.92 Å². The van der Waals surface area contributed by atoms with Gasteiger partial charge in [-0.3, -0.25) is 0 Å². The molecular weight excluding hydrogens is 232 g/mol. The number of anilines is 2. The standard InChI is InChI=1S/C13H18N2O3/c1-8-9(4-5-18-8)7-15-12-3-2-10(14)6-11(12)13(16)17/h2-3,6,8-9,15H,4-5,7,14H2,1H3,(H,16,17). The highest BCUT2D eigenvalue weighted by molar-refractivity contribution is 5.95. The van der Waals surface area contributed by atoms with Crippen LogP contribution in [0.1, 0.15) is 23.7 Å². The van der Waals surface area contributed by atoms with Crippen molar-refractivity contribution >= 4 is 17.3 Å². The highest BCUT2D eigenvalue weighted by Gasteiger charge is 2.24. The third-order valence-corrected chi connectivity index (χ3v) is 3.36. The van der Waals surface area contributed by atoms with Crippen molar-refractivity contribution in [1.82, 2.24) is 0 Å². The highest BCUT2D eigenvalue weighted by Crippen LogP contribution is 2.23. The summed E-state index contributed by atoms with van der Waals surface area (Å²) >= 11 is 0. The first-order chi connectivity index (χ1) is 8.58. The molecule has 1 aliphatic rings. The molecule has 1 aromatic carbocycles. The largest absolute Gasteiger partial charge is 0.478 e. The Bertz CT molecular complexity index is 448. The molecule has 1 saturated heterocycles. The summed E-state index contributed by atoms with van der Waals surface area (Å²) in [7, 11) is 0. The lowest BCUT2D eigenvalue weighted by molar-refractivity contribution is 0.0698. The summed E-state index contributed by atoms with van der Waals surface area (Å²) in [4.78, 5) is 11.1. The SMILES string of the molecule is CC1OCCC1CNc1ccc(N)cc1C(=O)O. The molecule has 5 heteroatoms. The van der Waals surface area contributed by atoms with Crippen LogP contribution < -0.4 is 11.1 Å². The average molecular weight is 250 g/mol. The second-order valence-corrected chi connectivity index (χ2v) is 4.62. The van der Waals surface area contributed by atoms with Crippen LogP contribution in [0.25, 0.3) is 0 Å². The Morgan fingerprint density at radius 3 is 3.00 bits per heavy atom. The topological polar surface area (TPSA) is 84.6 Å². The zero-order valence-corrected chi connectivity index (χ0v) is 10.3. The third-order valence-electron chi connectivity index (χ3n) is 3.36. The Balaban J connectivity index is 2.06. The van der Waals surface area contributed by atoms with Gasteiger partial charge >= 0.3 is 5.97 Å². The summed E-state index contributed by atoms with van der Waals surface area (Å²) < 4.78 is 5.47. The predicted octanol–water partition coefficient (Wildman–Crippen LogP) is 1.80. The van der Waals surface area contributed by atoms with E-state index in [0.29, 0.717) is 23.8 Å². The highest BCUT2D eigenvalue weighted by atomic mass is 16.5. The number of hydrogen-bond donors (Lipinski definition) is 3. The van der Waals surface area contributed by atoms with Crippen molar-refractivity contribution in [3.8, 4) is 0 Å².